The number of nitrogens with zero attached hydrogens (tertiary/aromatic N) is 2. The molecule has 1 aromatic carbocycles. The minimum atomic E-state index is -0.773. The van der Waals surface area contributed by atoms with Crippen LogP contribution in [0.5, 0.6) is 0 Å². The fraction of sp³-hybridized carbons (Fsp3) is 0. The van der Waals surface area contributed by atoms with Gasteiger partial charge < -0.3 is 5.73 Å². The van der Waals surface area contributed by atoms with Crippen LogP contribution in [-0.2, 0) is 0 Å². The molecular weight excluding hydrogens is 302 g/mol. The smallest absolute Gasteiger partial charge is 0.225 e. The van der Waals surface area contributed by atoms with E-state index in [0.29, 0.717) is 0 Å². The molecule has 0 spiro atoms. The minimum Gasteiger partial charge on any atom is -0.368 e. The Bertz CT molecular complexity index is 607. The lowest BCUT2D eigenvalue weighted by Gasteiger charge is -2.06. The molecule has 0 fully saturated rings. The number of H-pyrrole nitrogens is 1. The molecule has 0 aliphatic heterocycles. The second-order valence-electron chi connectivity index (χ2n) is 2.94. The normalized spacial score (nSPS) is 10.7. The predicted molar refractivity (Wildman–Crippen MR) is 60.8 cm³/mol. The molecule has 3 N–H and O–H groups in total. The molecular formula is C8H5BrF2N4S. The van der Waals surface area contributed by atoms with Crippen LogP contribution < -0.4 is 5.73 Å². The number of rotatable bonds is 1. The van der Waals surface area contributed by atoms with E-state index in [1.165, 1.54) is 10.6 Å². The van der Waals surface area contributed by atoms with Gasteiger partial charge in [-0.3, -0.25) is 4.57 Å². The maximum atomic E-state index is 13.5. The second kappa shape index (κ2) is 3.95. The quantitative estimate of drug-likeness (QED) is 0.629. The number of aromatic amines is 1. The van der Waals surface area contributed by atoms with Crippen LogP contribution in [0, 0.1) is 16.4 Å². The lowest BCUT2D eigenvalue weighted by atomic mass is 10.3. The Hall–Kier alpha value is -1.28. The third kappa shape index (κ3) is 1.74. The second-order valence-corrected chi connectivity index (χ2v) is 4.18. The Morgan fingerprint density at radius 1 is 1.38 bits per heavy atom. The molecule has 2 aromatic rings. The zero-order valence-electron chi connectivity index (χ0n) is 7.67. The van der Waals surface area contributed by atoms with Gasteiger partial charge in [-0.2, -0.15) is 0 Å². The Morgan fingerprint density at radius 3 is 2.62 bits per heavy atom. The average molecular weight is 307 g/mol. The van der Waals surface area contributed by atoms with Gasteiger partial charge in [-0.05, 0) is 34.2 Å². The van der Waals surface area contributed by atoms with Crippen molar-refractivity contribution in [2.45, 2.75) is 0 Å². The van der Waals surface area contributed by atoms with Crippen LogP contribution in [0.1, 0.15) is 0 Å². The van der Waals surface area contributed by atoms with Crippen LogP contribution in [0.25, 0.3) is 5.69 Å². The number of anilines is 1. The molecule has 4 nitrogen and oxygen atoms in total. The van der Waals surface area contributed by atoms with Crippen LogP contribution in [0.3, 0.4) is 0 Å². The van der Waals surface area contributed by atoms with Crippen molar-refractivity contribution in [2.75, 3.05) is 5.73 Å². The number of nitrogen functional groups attached to an aromatic ring is 1. The Kier molecular flexibility index (Phi) is 2.76. The van der Waals surface area contributed by atoms with Crippen molar-refractivity contribution in [1.82, 2.24) is 14.8 Å². The van der Waals surface area contributed by atoms with Gasteiger partial charge in [0.2, 0.25) is 10.7 Å². The number of hydrogen-bond acceptors (Lipinski definition) is 3. The maximum absolute atomic E-state index is 13.5. The Morgan fingerprint density at radius 2 is 2.06 bits per heavy atom. The van der Waals surface area contributed by atoms with E-state index in [1.54, 1.807) is 0 Å². The third-order valence-electron chi connectivity index (χ3n) is 1.93. The zero-order valence-corrected chi connectivity index (χ0v) is 10.1. The lowest BCUT2D eigenvalue weighted by Crippen LogP contribution is -2.04. The molecule has 0 atom stereocenters. The van der Waals surface area contributed by atoms with E-state index in [4.69, 9.17) is 18.0 Å². The average Bonchev–Trinajstić information content (AvgIpc) is 2.53. The summed E-state index contributed by atoms with van der Waals surface area (Å²) in [7, 11) is 0. The molecule has 0 unspecified atom stereocenters. The minimum absolute atomic E-state index is 0.00223. The first-order valence-electron chi connectivity index (χ1n) is 4.08. The summed E-state index contributed by atoms with van der Waals surface area (Å²) in [6, 6.07) is 1.99. The molecule has 84 valence electrons. The summed E-state index contributed by atoms with van der Waals surface area (Å²) >= 11 is 7.83. The fourth-order valence-corrected chi connectivity index (χ4v) is 1.79. The van der Waals surface area contributed by atoms with Gasteiger partial charge in [0.25, 0.3) is 0 Å². The highest BCUT2D eigenvalue weighted by Gasteiger charge is 2.13. The third-order valence-corrected chi connectivity index (χ3v) is 2.81. The molecule has 0 aliphatic rings. The maximum Gasteiger partial charge on any atom is 0.225 e. The van der Waals surface area contributed by atoms with Crippen LogP contribution in [0.15, 0.2) is 16.6 Å². The number of aromatic nitrogens is 3. The summed E-state index contributed by atoms with van der Waals surface area (Å²) in [6.45, 7) is 0. The van der Waals surface area contributed by atoms with E-state index in [0.717, 1.165) is 6.07 Å². The monoisotopic (exact) mass is 306 g/mol. The van der Waals surface area contributed by atoms with E-state index in [9.17, 15) is 8.78 Å². The summed E-state index contributed by atoms with van der Waals surface area (Å²) in [5, 5.41) is 6.05. The van der Waals surface area contributed by atoms with Gasteiger partial charge in [0, 0.05) is 6.07 Å². The van der Waals surface area contributed by atoms with Gasteiger partial charge in [0.15, 0.2) is 0 Å². The van der Waals surface area contributed by atoms with E-state index < -0.39 is 11.6 Å². The molecule has 1 aromatic heterocycles. The van der Waals surface area contributed by atoms with Crippen molar-refractivity contribution >= 4 is 34.1 Å². The first-order valence-corrected chi connectivity index (χ1v) is 5.28. The summed E-state index contributed by atoms with van der Waals surface area (Å²) < 4.78 is 28.0. The molecule has 0 bridgehead atoms. The van der Waals surface area contributed by atoms with Crippen molar-refractivity contribution in [2.24, 2.45) is 0 Å². The van der Waals surface area contributed by atoms with Gasteiger partial charge in [-0.1, -0.05) is 0 Å². The number of benzene rings is 1. The van der Waals surface area contributed by atoms with Gasteiger partial charge in [-0.15, -0.1) is 5.10 Å². The van der Waals surface area contributed by atoms with Crippen molar-refractivity contribution in [1.29, 1.82) is 0 Å². The molecule has 8 heteroatoms. The number of nitrogens with one attached hydrogen (secondary N) is 1. The van der Waals surface area contributed by atoms with Gasteiger partial charge >= 0.3 is 0 Å². The van der Waals surface area contributed by atoms with Crippen LogP contribution in [0.4, 0.5) is 14.7 Å². The summed E-state index contributed by atoms with van der Waals surface area (Å²) in [5.74, 6) is -1.47. The van der Waals surface area contributed by atoms with Gasteiger partial charge in [0.05, 0.1) is 10.2 Å². The van der Waals surface area contributed by atoms with Gasteiger partial charge in [0.1, 0.15) is 11.6 Å². The predicted octanol–water partition coefficient (Wildman–Crippen LogP) is 2.55. The topological polar surface area (TPSA) is 59.6 Å². The van der Waals surface area contributed by atoms with Crippen molar-refractivity contribution in [3.05, 3.63) is 33.0 Å². The van der Waals surface area contributed by atoms with Crippen molar-refractivity contribution < 1.29 is 8.78 Å². The molecule has 0 aliphatic carbocycles. The molecule has 0 saturated carbocycles. The molecule has 0 radical (unpaired) electrons. The highest BCUT2D eigenvalue weighted by Crippen LogP contribution is 2.24. The standard InChI is InChI=1S/C8H5BrF2N4S/c9-3-1-6(5(11)2-4(3)10)15-7(12)13-14-8(15)16/h1-2H,(H2,12,13)(H,14,16). The summed E-state index contributed by atoms with van der Waals surface area (Å²) in [6.07, 6.45) is 0. The highest BCUT2D eigenvalue weighted by atomic mass is 79.9. The van der Waals surface area contributed by atoms with E-state index in [1.807, 2.05) is 0 Å². The van der Waals surface area contributed by atoms with Gasteiger partial charge in [-0.25, -0.2) is 13.9 Å². The number of hydrogen-bond donors (Lipinski definition) is 2. The molecule has 0 saturated heterocycles. The number of nitrogens with two attached hydrogens (primary N) is 1. The largest absolute Gasteiger partial charge is 0.368 e. The lowest BCUT2D eigenvalue weighted by molar-refractivity contribution is 0.573. The molecule has 1 heterocycles. The zero-order chi connectivity index (χ0) is 11.9. The number of halogens is 3. The fourth-order valence-electron chi connectivity index (χ4n) is 1.23. The SMILES string of the molecule is Nc1n[nH]c(=S)n1-c1cc(Br)c(F)cc1F. The van der Waals surface area contributed by atoms with Crippen LogP contribution in [-0.4, -0.2) is 14.8 Å². The van der Waals surface area contributed by atoms with Crippen LogP contribution >= 0.6 is 28.1 Å². The van der Waals surface area contributed by atoms with E-state index in [-0.39, 0.29) is 20.9 Å². The molecule has 16 heavy (non-hydrogen) atoms. The summed E-state index contributed by atoms with van der Waals surface area (Å²) in [4.78, 5) is 0. The molecule has 2 rings (SSSR count). The summed E-state index contributed by atoms with van der Waals surface area (Å²) in [5.41, 5.74) is 5.54. The van der Waals surface area contributed by atoms with Crippen molar-refractivity contribution in [3.63, 3.8) is 0 Å². The van der Waals surface area contributed by atoms with Crippen LogP contribution in [0.2, 0.25) is 0 Å². The first-order chi connectivity index (χ1) is 7.50. The first kappa shape index (κ1) is 11.2. The van der Waals surface area contributed by atoms with E-state index in [2.05, 4.69) is 26.1 Å². The molecule has 0 amide bonds. The van der Waals surface area contributed by atoms with Crippen molar-refractivity contribution in [3.8, 4) is 5.69 Å². The Labute approximate surface area is 102 Å². The highest BCUT2D eigenvalue weighted by molar-refractivity contribution is 9.10. The Balaban J connectivity index is 2.74. The van der Waals surface area contributed by atoms with E-state index >= 15 is 0 Å².